The molecule has 0 aromatic rings. The highest BCUT2D eigenvalue weighted by Gasteiger charge is 2.20. The number of hydrogen-bond donors (Lipinski definition) is 4. The lowest BCUT2D eigenvalue weighted by Gasteiger charge is -2.16. The first kappa shape index (κ1) is 17.0. The molecule has 0 aromatic carbocycles. The van der Waals surface area contributed by atoms with Gasteiger partial charge in [0.25, 0.3) is 0 Å². The number of aliphatic carboxylic acids is 2. The van der Waals surface area contributed by atoms with Crippen molar-refractivity contribution in [3.05, 3.63) is 0 Å². The molecule has 0 spiro atoms. The fourth-order valence-corrected chi connectivity index (χ4v) is 1.33. The first-order valence-corrected chi connectivity index (χ1v) is 5.78. The smallest absolute Gasteiger partial charge is 0.326 e. The van der Waals surface area contributed by atoms with Crippen molar-refractivity contribution in [3.63, 3.8) is 0 Å². The maximum Gasteiger partial charge on any atom is 0.326 e. The summed E-state index contributed by atoms with van der Waals surface area (Å²) < 4.78 is 0. The third kappa shape index (κ3) is 7.82. The van der Waals surface area contributed by atoms with E-state index < -0.39 is 30.1 Å². The van der Waals surface area contributed by atoms with Crippen LogP contribution in [0.3, 0.4) is 0 Å². The van der Waals surface area contributed by atoms with Crippen LogP contribution in [-0.2, 0) is 14.4 Å². The van der Waals surface area contributed by atoms with Gasteiger partial charge in [-0.3, -0.25) is 4.79 Å². The average Bonchev–Trinajstić information content (AvgIpc) is 2.33. The Kier molecular flexibility index (Phi) is 8.02. The van der Waals surface area contributed by atoms with E-state index in [1.54, 1.807) is 0 Å². The molecular formula is C10H14N2O6S. The van der Waals surface area contributed by atoms with Gasteiger partial charge in [-0.2, -0.15) is 0 Å². The Hall–Kier alpha value is -2.03. The van der Waals surface area contributed by atoms with Crippen LogP contribution in [0.5, 0.6) is 0 Å². The zero-order chi connectivity index (χ0) is 14.8. The molecule has 0 aliphatic carbocycles. The van der Waals surface area contributed by atoms with Gasteiger partial charge < -0.3 is 25.6 Å². The van der Waals surface area contributed by atoms with E-state index in [2.05, 4.69) is 22.9 Å². The number of carbonyl (C=O) groups excluding carboxylic acids is 2. The van der Waals surface area contributed by atoms with E-state index in [-0.39, 0.29) is 19.3 Å². The van der Waals surface area contributed by atoms with Crippen LogP contribution >= 0.6 is 12.2 Å². The zero-order valence-electron chi connectivity index (χ0n) is 9.87. The van der Waals surface area contributed by atoms with Gasteiger partial charge in [0.2, 0.25) is 0 Å². The number of thiocarbonyl (C=S) groups is 1. The number of nitrogens with one attached hydrogen (secondary N) is 2. The second-order valence-electron chi connectivity index (χ2n) is 3.59. The molecule has 0 saturated carbocycles. The molecule has 4 N–H and O–H groups in total. The number of aldehydes is 1. The summed E-state index contributed by atoms with van der Waals surface area (Å²) in [4.78, 5) is 43.1. The molecule has 2 amide bonds. The summed E-state index contributed by atoms with van der Waals surface area (Å²) in [6.45, 7) is 0. The molecule has 0 saturated heterocycles. The molecule has 106 valence electrons. The molecule has 0 unspecified atom stereocenters. The third-order valence-corrected chi connectivity index (χ3v) is 2.28. The second kappa shape index (κ2) is 8.97. The Morgan fingerprint density at radius 2 is 1.84 bits per heavy atom. The van der Waals surface area contributed by atoms with Gasteiger partial charge in [-0.15, -0.1) is 0 Å². The lowest BCUT2D eigenvalue weighted by molar-refractivity contribution is -0.139. The maximum atomic E-state index is 11.4. The van der Waals surface area contributed by atoms with Crippen molar-refractivity contribution in [2.45, 2.75) is 31.3 Å². The van der Waals surface area contributed by atoms with Gasteiger partial charge in [-0.1, -0.05) is 12.2 Å². The van der Waals surface area contributed by atoms with Crippen molar-refractivity contribution < 1.29 is 29.4 Å². The predicted octanol–water partition coefficient (Wildman–Crippen LogP) is -0.439. The minimum absolute atomic E-state index is 0.0427. The van der Waals surface area contributed by atoms with Gasteiger partial charge in [0.15, 0.2) is 0 Å². The normalized spacial score (nSPS) is 12.8. The first-order chi connectivity index (χ1) is 8.90. The molecule has 9 heteroatoms. The molecule has 0 aromatic heterocycles. The van der Waals surface area contributed by atoms with E-state index in [1.807, 2.05) is 0 Å². The summed E-state index contributed by atoms with van der Waals surface area (Å²) >= 11 is 4.50. The Labute approximate surface area is 114 Å². The molecular weight excluding hydrogens is 276 g/mol. The van der Waals surface area contributed by atoms with Gasteiger partial charge in [0, 0.05) is 12.8 Å². The molecule has 0 aliphatic heterocycles. The summed E-state index contributed by atoms with van der Waals surface area (Å²) in [6, 6.07) is -3.05. The average molecular weight is 290 g/mol. The predicted molar refractivity (Wildman–Crippen MR) is 68.1 cm³/mol. The lowest BCUT2D eigenvalue weighted by atomic mass is 10.2. The van der Waals surface area contributed by atoms with Crippen molar-refractivity contribution in [2.75, 3.05) is 0 Å². The lowest BCUT2D eigenvalue weighted by Crippen LogP contribution is -2.49. The van der Waals surface area contributed by atoms with Gasteiger partial charge in [-0.25, -0.2) is 9.59 Å². The fourth-order valence-electron chi connectivity index (χ4n) is 1.14. The highest BCUT2D eigenvalue weighted by Crippen LogP contribution is 1.96. The molecule has 19 heavy (non-hydrogen) atoms. The minimum Gasteiger partial charge on any atom is -0.481 e. The van der Waals surface area contributed by atoms with Gasteiger partial charge in [0.05, 0.1) is 6.04 Å². The number of urea groups is 1. The number of amides is 2. The van der Waals surface area contributed by atoms with Gasteiger partial charge in [-0.05, 0) is 11.8 Å². The van der Waals surface area contributed by atoms with Crippen molar-refractivity contribution in [2.24, 2.45) is 0 Å². The summed E-state index contributed by atoms with van der Waals surface area (Å²) in [6.07, 6.45) is -0.0143. The Bertz CT molecular complexity index is 373. The van der Waals surface area contributed by atoms with Crippen molar-refractivity contribution >= 4 is 41.8 Å². The summed E-state index contributed by atoms with van der Waals surface area (Å²) in [7, 11) is 0. The molecule has 2 atom stereocenters. The molecule has 0 rings (SSSR count). The first-order valence-electron chi connectivity index (χ1n) is 5.31. The van der Waals surface area contributed by atoms with Crippen LogP contribution in [0.25, 0.3) is 0 Å². The standard InChI is InChI=1S/C10H14N2O6S/c13-5-6(1-2-8(14)15)11-10(18)12-7(3-4-19)9(16)17/h4-7H,1-3H2,(H,14,15)(H,16,17)(H2,11,12,18)/t6-,7-/m0/s1. The molecule has 0 radical (unpaired) electrons. The summed E-state index contributed by atoms with van der Waals surface area (Å²) in [5.41, 5.74) is 0. The van der Waals surface area contributed by atoms with Crippen molar-refractivity contribution in [1.82, 2.24) is 10.6 Å². The van der Waals surface area contributed by atoms with Gasteiger partial charge >= 0.3 is 18.0 Å². The van der Waals surface area contributed by atoms with Crippen LogP contribution in [-0.4, -0.2) is 51.9 Å². The highest BCUT2D eigenvalue weighted by atomic mass is 32.1. The number of hydrogen-bond acceptors (Lipinski definition) is 5. The largest absolute Gasteiger partial charge is 0.481 e. The van der Waals surface area contributed by atoms with Crippen LogP contribution in [0.1, 0.15) is 19.3 Å². The zero-order valence-corrected chi connectivity index (χ0v) is 10.7. The molecule has 0 aliphatic rings. The SMILES string of the molecule is O=C[C@H](CCC(=O)O)NC(=O)N[C@@H](CC=S)C(=O)O. The van der Waals surface area contributed by atoms with Crippen LogP contribution < -0.4 is 10.6 Å². The molecule has 0 fully saturated rings. The van der Waals surface area contributed by atoms with E-state index in [0.717, 1.165) is 0 Å². The van der Waals surface area contributed by atoms with Crippen LogP contribution in [0.2, 0.25) is 0 Å². The van der Waals surface area contributed by atoms with E-state index in [4.69, 9.17) is 10.2 Å². The Balaban J connectivity index is 4.32. The Morgan fingerprint density at radius 1 is 1.21 bits per heavy atom. The molecule has 0 bridgehead atoms. The quantitative estimate of drug-likeness (QED) is 0.334. The fraction of sp³-hybridized carbons (Fsp3) is 0.500. The summed E-state index contributed by atoms with van der Waals surface area (Å²) in [5, 5.41) is 22.7. The monoisotopic (exact) mass is 290 g/mol. The van der Waals surface area contributed by atoms with E-state index in [0.29, 0.717) is 6.29 Å². The second-order valence-corrected chi connectivity index (χ2v) is 3.92. The van der Waals surface area contributed by atoms with Crippen LogP contribution in [0, 0.1) is 0 Å². The highest BCUT2D eigenvalue weighted by molar-refractivity contribution is 7.78. The van der Waals surface area contributed by atoms with Crippen LogP contribution in [0.15, 0.2) is 0 Å². The third-order valence-electron chi connectivity index (χ3n) is 2.09. The number of rotatable bonds is 9. The molecule has 0 heterocycles. The minimum atomic E-state index is -1.26. The van der Waals surface area contributed by atoms with E-state index >= 15 is 0 Å². The molecule has 8 nitrogen and oxygen atoms in total. The van der Waals surface area contributed by atoms with Gasteiger partial charge in [0.1, 0.15) is 12.3 Å². The van der Waals surface area contributed by atoms with Crippen molar-refractivity contribution in [1.29, 1.82) is 0 Å². The van der Waals surface area contributed by atoms with Crippen molar-refractivity contribution in [3.8, 4) is 0 Å². The maximum absolute atomic E-state index is 11.4. The number of carboxylic acid groups (broad SMARTS) is 2. The number of carbonyl (C=O) groups is 4. The summed E-state index contributed by atoms with van der Waals surface area (Å²) in [5.74, 6) is -2.36. The van der Waals surface area contributed by atoms with E-state index in [1.165, 1.54) is 5.37 Å². The topological polar surface area (TPSA) is 133 Å². The van der Waals surface area contributed by atoms with Crippen LogP contribution in [0.4, 0.5) is 4.79 Å². The van der Waals surface area contributed by atoms with E-state index in [9.17, 15) is 19.2 Å². The number of carboxylic acids is 2. The Morgan fingerprint density at radius 3 is 2.26 bits per heavy atom.